The number of fused-ring (bicyclic) bond motifs is 1. The summed E-state index contributed by atoms with van der Waals surface area (Å²) < 4.78 is 0. The minimum atomic E-state index is -0.201. The minimum Gasteiger partial charge on any atom is -0.333 e. The van der Waals surface area contributed by atoms with Crippen LogP contribution in [0.25, 0.3) is 0 Å². The zero-order valence-electron chi connectivity index (χ0n) is 8.87. The zero-order valence-corrected chi connectivity index (χ0v) is 8.87. The molecular weight excluding hydrogens is 218 g/mol. The summed E-state index contributed by atoms with van der Waals surface area (Å²) in [5.74, 6) is 0.359. The molecule has 1 amide bonds. The second kappa shape index (κ2) is 3.82. The molecule has 0 aliphatic carbocycles. The van der Waals surface area contributed by atoms with E-state index in [-0.39, 0.29) is 5.91 Å². The smallest absolute Gasteiger partial charge is 0.275 e. The lowest BCUT2D eigenvalue weighted by Crippen LogP contribution is -2.42. The number of pyridine rings is 1. The van der Waals surface area contributed by atoms with Crippen molar-refractivity contribution in [3.8, 4) is 0 Å². The highest BCUT2D eigenvalue weighted by atomic mass is 16.2. The minimum absolute atomic E-state index is 0.201. The number of anilines is 2. The number of hydrogen-bond acceptors (Lipinski definition) is 5. The van der Waals surface area contributed by atoms with Crippen molar-refractivity contribution in [2.75, 3.05) is 11.6 Å². The molecule has 0 unspecified atom stereocenters. The Morgan fingerprint density at radius 2 is 2.12 bits per heavy atom. The van der Waals surface area contributed by atoms with Crippen LogP contribution in [0.2, 0.25) is 0 Å². The maximum absolute atomic E-state index is 11.6. The predicted molar refractivity (Wildman–Crippen MR) is 60.7 cm³/mol. The van der Waals surface area contributed by atoms with Crippen molar-refractivity contribution in [3.63, 3.8) is 0 Å². The maximum atomic E-state index is 11.6. The van der Waals surface area contributed by atoms with Gasteiger partial charge in [-0.05, 0) is 12.1 Å². The molecule has 17 heavy (non-hydrogen) atoms. The van der Waals surface area contributed by atoms with E-state index in [1.165, 1.54) is 6.20 Å². The van der Waals surface area contributed by atoms with E-state index in [0.717, 1.165) is 5.69 Å². The first-order valence-electron chi connectivity index (χ1n) is 5.13. The average Bonchev–Trinajstić information content (AvgIpc) is 2.41. The molecule has 0 atom stereocenters. The van der Waals surface area contributed by atoms with Gasteiger partial charge in [-0.3, -0.25) is 9.78 Å². The second-order valence-corrected chi connectivity index (χ2v) is 3.53. The monoisotopic (exact) mass is 227 g/mol. The summed E-state index contributed by atoms with van der Waals surface area (Å²) in [4.78, 5) is 25.8. The van der Waals surface area contributed by atoms with Crippen molar-refractivity contribution < 1.29 is 4.79 Å². The third-order valence-electron chi connectivity index (χ3n) is 2.50. The van der Waals surface area contributed by atoms with Crippen LogP contribution in [0.1, 0.15) is 10.5 Å². The molecule has 3 heterocycles. The largest absolute Gasteiger partial charge is 0.333 e. The fourth-order valence-corrected chi connectivity index (χ4v) is 1.72. The van der Waals surface area contributed by atoms with E-state index in [2.05, 4.69) is 20.3 Å². The van der Waals surface area contributed by atoms with E-state index in [1.54, 1.807) is 18.6 Å². The van der Waals surface area contributed by atoms with E-state index in [1.807, 2.05) is 17.0 Å². The van der Waals surface area contributed by atoms with Crippen molar-refractivity contribution in [2.24, 2.45) is 0 Å². The third-order valence-corrected chi connectivity index (χ3v) is 2.50. The summed E-state index contributed by atoms with van der Waals surface area (Å²) >= 11 is 0. The molecule has 1 aliphatic rings. The SMILES string of the molecule is O=C1NCN(c2cccnc2)c2nccnc21. The Morgan fingerprint density at radius 1 is 1.24 bits per heavy atom. The maximum Gasteiger partial charge on any atom is 0.275 e. The van der Waals surface area contributed by atoms with Gasteiger partial charge in [0.2, 0.25) is 0 Å². The molecule has 0 aromatic carbocycles. The van der Waals surface area contributed by atoms with Crippen LogP contribution in [0.4, 0.5) is 11.5 Å². The molecule has 6 heteroatoms. The van der Waals surface area contributed by atoms with Crippen molar-refractivity contribution in [1.82, 2.24) is 20.3 Å². The molecule has 0 bridgehead atoms. The lowest BCUT2D eigenvalue weighted by atomic mass is 10.2. The summed E-state index contributed by atoms with van der Waals surface area (Å²) in [7, 11) is 0. The Balaban J connectivity index is 2.10. The van der Waals surface area contributed by atoms with Gasteiger partial charge in [0.15, 0.2) is 11.5 Å². The quantitative estimate of drug-likeness (QED) is 0.776. The second-order valence-electron chi connectivity index (χ2n) is 3.53. The summed E-state index contributed by atoms with van der Waals surface area (Å²) in [5, 5.41) is 2.74. The van der Waals surface area contributed by atoms with Gasteiger partial charge in [0, 0.05) is 18.6 Å². The summed E-state index contributed by atoms with van der Waals surface area (Å²) in [6, 6.07) is 3.74. The first kappa shape index (κ1) is 9.71. The Bertz CT molecular complexity index is 557. The standard InChI is InChI=1S/C11H9N5O/c17-11-9-10(14-5-4-13-9)16(7-15-11)8-2-1-3-12-6-8/h1-6H,7H2,(H,15,17). The topological polar surface area (TPSA) is 71.0 Å². The highest BCUT2D eigenvalue weighted by Gasteiger charge is 2.25. The Morgan fingerprint density at radius 3 is 2.94 bits per heavy atom. The fraction of sp³-hybridized carbons (Fsp3) is 0.0909. The Labute approximate surface area is 97.3 Å². The van der Waals surface area contributed by atoms with Crippen LogP contribution < -0.4 is 10.2 Å². The Kier molecular flexibility index (Phi) is 2.18. The normalized spacial score (nSPS) is 14.1. The number of nitrogens with one attached hydrogen (secondary N) is 1. The molecule has 84 valence electrons. The number of rotatable bonds is 1. The van der Waals surface area contributed by atoms with Gasteiger partial charge in [0.25, 0.3) is 5.91 Å². The van der Waals surface area contributed by atoms with Crippen molar-refractivity contribution in [2.45, 2.75) is 0 Å². The van der Waals surface area contributed by atoms with Crippen LogP contribution in [-0.4, -0.2) is 27.5 Å². The van der Waals surface area contributed by atoms with Gasteiger partial charge in [-0.1, -0.05) is 0 Å². The molecule has 0 saturated carbocycles. The molecule has 0 saturated heterocycles. The first-order valence-corrected chi connectivity index (χ1v) is 5.13. The van der Waals surface area contributed by atoms with Crippen LogP contribution in [0.3, 0.4) is 0 Å². The van der Waals surface area contributed by atoms with E-state index in [0.29, 0.717) is 18.2 Å². The highest BCUT2D eigenvalue weighted by Crippen LogP contribution is 2.26. The van der Waals surface area contributed by atoms with Crippen LogP contribution in [-0.2, 0) is 0 Å². The number of nitrogens with zero attached hydrogens (tertiary/aromatic N) is 4. The van der Waals surface area contributed by atoms with E-state index in [4.69, 9.17) is 0 Å². The number of amides is 1. The van der Waals surface area contributed by atoms with Crippen molar-refractivity contribution in [3.05, 3.63) is 42.6 Å². The average molecular weight is 227 g/mol. The van der Waals surface area contributed by atoms with Gasteiger partial charge in [-0.15, -0.1) is 0 Å². The van der Waals surface area contributed by atoms with E-state index in [9.17, 15) is 4.79 Å². The molecule has 2 aromatic heterocycles. The Hall–Kier alpha value is -2.50. The number of carbonyl (C=O) groups excluding carboxylic acids is 1. The van der Waals surface area contributed by atoms with Crippen LogP contribution in [0, 0.1) is 0 Å². The molecule has 2 aromatic rings. The fourth-order valence-electron chi connectivity index (χ4n) is 1.72. The molecule has 1 aliphatic heterocycles. The number of hydrogen-bond donors (Lipinski definition) is 1. The van der Waals surface area contributed by atoms with Gasteiger partial charge >= 0.3 is 0 Å². The van der Waals surface area contributed by atoms with Crippen molar-refractivity contribution in [1.29, 1.82) is 0 Å². The van der Waals surface area contributed by atoms with Gasteiger partial charge in [0.1, 0.15) is 0 Å². The summed E-state index contributed by atoms with van der Waals surface area (Å²) in [6.45, 7) is 0.371. The first-order chi connectivity index (χ1) is 8.36. The number of aromatic nitrogens is 3. The number of carbonyl (C=O) groups is 1. The third kappa shape index (κ3) is 1.59. The summed E-state index contributed by atoms with van der Waals surface area (Å²) in [6.07, 6.45) is 6.49. The van der Waals surface area contributed by atoms with Crippen LogP contribution in [0.15, 0.2) is 36.9 Å². The predicted octanol–water partition coefficient (Wildman–Crippen LogP) is 0.711. The van der Waals surface area contributed by atoms with E-state index < -0.39 is 0 Å². The van der Waals surface area contributed by atoms with Crippen molar-refractivity contribution >= 4 is 17.4 Å². The van der Waals surface area contributed by atoms with Gasteiger partial charge < -0.3 is 10.2 Å². The molecule has 0 radical (unpaired) electrons. The van der Waals surface area contributed by atoms with Crippen LogP contribution >= 0.6 is 0 Å². The highest BCUT2D eigenvalue weighted by molar-refractivity contribution is 5.99. The lowest BCUT2D eigenvalue weighted by Gasteiger charge is -2.28. The summed E-state index contributed by atoms with van der Waals surface area (Å²) in [5.41, 5.74) is 1.21. The molecule has 3 rings (SSSR count). The van der Waals surface area contributed by atoms with Crippen LogP contribution in [0.5, 0.6) is 0 Å². The zero-order chi connectivity index (χ0) is 11.7. The van der Waals surface area contributed by atoms with E-state index >= 15 is 0 Å². The molecule has 0 spiro atoms. The van der Waals surface area contributed by atoms with Gasteiger partial charge in [0.05, 0.1) is 18.6 Å². The molecule has 0 fully saturated rings. The molecule has 6 nitrogen and oxygen atoms in total. The molecule has 1 N–H and O–H groups in total. The lowest BCUT2D eigenvalue weighted by molar-refractivity contribution is 0.0943. The van der Waals surface area contributed by atoms with Gasteiger partial charge in [-0.2, -0.15) is 0 Å². The molecular formula is C11H9N5O. The van der Waals surface area contributed by atoms with Gasteiger partial charge in [-0.25, -0.2) is 9.97 Å².